The maximum absolute atomic E-state index is 9.77. The minimum Gasteiger partial charge on any atom is -0.455 e. The monoisotopic (exact) mass is 298 g/mol. The van der Waals surface area contributed by atoms with E-state index in [0.29, 0.717) is 0 Å². The van der Waals surface area contributed by atoms with Gasteiger partial charge in [-0.1, -0.05) is 54.6 Å². The van der Waals surface area contributed by atoms with Crippen LogP contribution in [0.1, 0.15) is 5.56 Å². The Balaban J connectivity index is 2.11. The van der Waals surface area contributed by atoms with Crippen molar-refractivity contribution in [1.29, 1.82) is 0 Å². The molecule has 0 aliphatic heterocycles. The van der Waals surface area contributed by atoms with Crippen LogP contribution < -0.4 is 0 Å². The Labute approximate surface area is 132 Å². The highest BCUT2D eigenvalue weighted by Gasteiger charge is 2.15. The molecular formula is C21H14O2. The van der Waals surface area contributed by atoms with E-state index < -0.39 is 0 Å². The van der Waals surface area contributed by atoms with Gasteiger partial charge >= 0.3 is 0 Å². The number of hydrogen-bond donors (Lipinski definition) is 1. The quantitative estimate of drug-likeness (QED) is 0.450. The predicted molar refractivity (Wildman–Crippen MR) is 94.7 cm³/mol. The summed E-state index contributed by atoms with van der Waals surface area (Å²) in [5.41, 5.74) is 2.51. The fourth-order valence-corrected chi connectivity index (χ4v) is 3.54. The molecule has 5 aromatic rings. The Hall–Kier alpha value is -2.84. The summed E-state index contributed by atoms with van der Waals surface area (Å²) < 4.78 is 6.24. The van der Waals surface area contributed by atoms with E-state index in [2.05, 4.69) is 36.4 Å². The third-order valence-electron chi connectivity index (χ3n) is 4.60. The summed E-state index contributed by atoms with van der Waals surface area (Å²) in [5.74, 6) is 0. The fraction of sp³-hybridized carbons (Fsp3) is 0.0476. The first-order valence-corrected chi connectivity index (χ1v) is 7.72. The van der Waals surface area contributed by atoms with Gasteiger partial charge in [-0.2, -0.15) is 0 Å². The van der Waals surface area contributed by atoms with Crippen molar-refractivity contribution in [1.82, 2.24) is 0 Å². The molecule has 0 unspecified atom stereocenters. The number of hydrogen-bond acceptors (Lipinski definition) is 2. The smallest absolute Gasteiger partial charge is 0.143 e. The van der Waals surface area contributed by atoms with Crippen LogP contribution in [0.15, 0.2) is 71.1 Å². The van der Waals surface area contributed by atoms with Crippen molar-refractivity contribution >= 4 is 43.5 Å². The summed E-state index contributed by atoms with van der Waals surface area (Å²) in [4.78, 5) is 0. The molecule has 5 rings (SSSR count). The maximum Gasteiger partial charge on any atom is 0.143 e. The number of furan rings is 1. The van der Waals surface area contributed by atoms with E-state index in [1.165, 1.54) is 0 Å². The van der Waals surface area contributed by atoms with Crippen molar-refractivity contribution in [3.8, 4) is 0 Å². The Morgan fingerprint density at radius 3 is 2.26 bits per heavy atom. The van der Waals surface area contributed by atoms with Crippen molar-refractivity contribution < 1.29 is 9.52 Å². The van der Waals surface area contributed by atoms with Crippen molar-refractivity contribution in [3.63, 3.8) is 0 Å². The number of rotatable bonds is 1. The highest BCUT2D eigenvalue weighted by Crippen LogP contribution is 2.39. The second-order valence-corrected chi connectivity index (χ2v) is 5.88. The van der Waals surface area contributed by atoms with Crippen LogP contribution in [-0.4, -0.2) is 5.11 Å². The molecule has 0 aliphatic carbocycles. The van der Waals surface area contributed by atoms with E-state index in [4.69, 9.17) is 4.42 Å². The van der Waals surface area contributed by atoms with Gasteiger partial charge in [0.15, 0.2) is 0 Å². The van der Waals surface area contributed by atoms with Crippen molar-refractivity contribution in [3.05, 3.63) is 72.3 Å². The summed E-state index contributed by atoms with van der Waals surface area (Å²) in [7, 11) is 0. The van der Waals surface area contributed by atoms with E-state index in [1.54, 1.807) is 0 Å². The highest BCUT2D eigenvalue weighted by molar-refractivity contribution is 6.23. The second kappa shape index (κ2) is 4.58. The lowest BCUT2D eigenvalue weighted by molar-refractivity contribution is 0.282. The fourth-order valence-electron chi connectivity index (χ4n) is 3.54. The third-order valence-corrected chi connectivity index (χ3v) is 4.60. The minimum atomic E-state index is -0.0287. The molecule has 0 atom stereocenters. The Bertz CT molecular complexity index is 1200. The SMILES string of the molecule is OCc1cc2ccccc2c2c1oc1c3ccccc3ccc12. The molecule has 2 heteroatoms. The van der Waals surface area contributed by atoms with Crippen LogP contribution >= 0.6 is 0 Å². The molecule has 0 fully saturated rings. The third kappa shape index (κ3) is 1.67. The average Bonchev–Trinajstić information content (AvgIpc) is 3.01. The summed E-state index contributed by atoms with van der Waals surface area (Å²) >= 11 is 0. The summed E-state index contributed by atoms with van der Waals surface area (Å²) in [6.07, 6.45) is 0. The molecule has 0 spiro atoms. The van der Waals surface area contributed by atoms with Gasteiger partial charge in [0.2, 0.25) is 0 Å². The van der Waals surface area contributed by atoms with Crippen molar-refractivity contribution in [2.24, 2.45) is 0 Å². The molecule has 0 aliphatic rings. The molecule has 4 aromatic carbocycles. The lowest BCUT2D eigenvalue weighted by Crippen LogP contribution is -1.85. The van der Waals surface area contributed by atoms with Crippen LogP contribution in [0.3, 0.4) is 0 Å². The van der Waals surface area contributed by atoms with Gasteiger partial charge in [0, 0.05) is 21.7 Å². The van der Waals surface area contributed by atoms with Crippen LogP contribution in [-0.2, 0) is 6.61 Å². The minimum absolute atomic E-state index is 0.0287. The summed E-state index contributed by atoms with van der Waals surface area (Å²) in [6.45, 7) is -0.0287. The lowest BCUT2D eigenvalue weighted by atomic mass is 9.99. The maximum atomic E-state index is 9.77. The van der Waals surface area contributed by atoms with Gasteiger partial charge in [0.05, 0.1) is 6.61 Å². The van der Waals surface area contributed by atoms with Crippen molar-refractivity contribution in [2.75, 3.05) is 0 Å². The molecule has 1 N–H and O–H groups in total. The largest absolute Gasteiger partial charge is 0.455 e. The lowest BCUT2D eigenvalue weighted by Gasteiger charge is -2.03. The van der Waals surface area contributed by atoms with Gasteiger partial charge in [0.25, 0.3) is 0 Å². The second-order valence-electron chi connectivity index (χ2n) is 5.88. The first-order chi connectivity index (χ1) is 11.4. The van der Waals surface area contributed by atoms with Gasteiger partial charge in [-0.25, -0.2) is 0 Å². The molecule has 0 saturated heterocycles. The number of benzene rings is 4. The highest BCUT2D eigenvalue weighted by atomic mass is 16.3. The summed E-state index contributed by atoms with van der Waals surface area (Å²) in [5, 5.41) is 16.5. The average molecular weight is 298 g/mol. The molecule has 1 heterocycles. The van der Waals surface area contributed by atoms with E-state index in [9.17, 15) is 5.11 Å². The molecule has 0 radical (unpaired) electrons. The van der Waals surface area contributed by atoms with Gasteiger partial charge < -0.3 is 9.52 Å². The van der Waals surface area contributed by atoms with Gasteiger partial charge in [-0.05, 0) is 28.3 Å². The number of aliphatic hydroxyl groups is 1. The Kier molecular flexibility index (Phi) is 2.52. The standard InChI is InChI=1S/C21H14O2/c22-12-15-11-14-6-2-3-7-16(14)19-18-10-9-13-5-1-4-8-17(13)21(18)23-20(15)19/h1-11,22H,12H2. The molecule has 110 valence electrons. The first kappa shape index (κ1) is 12.7. The Morgan fingerprint density at radius 2 is 1.43 bits per heavy atom. The van der Waals surface area contributed by atoms with Crippen LogP contribution in [0, 0.1) is 0 Å². The van der Waals surface area contributed by atoms with E-state index in [1.807, 2.05) is 30.3 Å². The van der Waals surface area contributed by atoms with Crippen molar-refractivity contribution in [2.45, 2.75) is 6.61 Å². The topological polar surface area (TPSA) is 33.4 Å². The molecule has 23 heavy (non-hydrogen) atoms. The zero-order chi connectivity index (χ0) is 15.4. The molecule has 0 saturated carbocycles. The van der Waals surface area contributed by atoms with Gasteiger partial charge in [-0.3, -0.25) is 0 Å². The zero-order valence-corrected chi connectivity index (χ0v) is 12.4. The van der Waals surface area contributed by atoms with Crippen LogP contribution in [0.5, 0.6) is 0 Å². The van der Waals surface area contributed by atoms with Crippen LogP contribution in [0.25, 0.3) is 43.5 Å². The molecule has 2 nitrogen and oxygen atoms in total. The molecule has 0 bridgehead atoms. The van der Waals surface area contributed by atoms with Crippen LogP contribution in [0.2, 0.25) is 0 Å². The molecule has 1 aromatic heterocycles. The number of fused-ring (bicyclic) bond motifs is 7. The zero-order valence-electron chi connectivity index (χ0n) is 12.4. The summed E-state index contributed by atoms with van der Waals surface area (Å²) in [6, 6.07) is 22.8. The Morgan fingerprint density at radius 1 is 0.696 bits per heavy atom. The predicted octanol–water partition coefficient (Wildman–Crippen LogP) is 5.38. The van der Waals surface area contributed by atoms with Gasteiger partial charge in [-0.15, -0.1) is 0 Å². The normalized spacial score (nSPS) is 11.9. The van der Waals surface area contributed by atoms with E-state index in [0.717, 1.165) is 49.0 Å². The molecule has 0 amide bonds. The van der Waals surface area contributed by atoms with Gasteiger partial charge in [0.1, 0.15) is 11.2 Å². The number of aliphatic hydroxyl groups excluding tert-OH is 1. The first-order valence-electron chi connectivity index (χ1n) is 7.72. The molecular weight excluding hydrogens is 284 g/mol. The van der Waals surface area contributed by atoms with E-state index in [-0.39, 0.29) is 6.61 Å². The van der Waals surface area contributed by atoms with Crippen LogP contribution in [0.4, 0.5) is 0 Å². The van der Waals surface area contributed by atoms with E-state index >= 15 is 0 Å².